The van der Waals surface area contributed by atoms with E-state index < -0.39 is 10.2 Å². The second kappa shape index (κ2) is 6.96. The van der Waals surface area contributed by atoms with Crippen molar-refractivity contribution in [3.8, 4) is 11.5 Å². The summed E-state index contributed by atoms with van der Waals surface area (Å²) in [5.74, 6) is 1.26. The lowest BCUT2D eigenvalue weighted by molar-refractivity contribution is 0.00539. The van der Waals surface area contributed by atoms with Crippen LogP contribution in [0.2, 0.25) is 0 Å². The van der Waals surface area contributed by atoms with Crippen molar-refractivity contribution in [2.45, 2.75) is 38.8 Å². The van der Waals surface area contributed by atoms with Gasteiger partial charge in [0.15, 0.2) is 11.5 Å². The molecule has 2 aliphatic rings. The smallest absolute Gasteiger partial charge is 0.277 e. The first-order chi connectivity index (χ1) is 13.7. The molecule has 0 bridgehead atoms. The van der Waals surface area contributed by atoms with Crippen LogP contribution in [0.4, 0.5) is 5.69 Å². The summed E-state index contributed by atoms with van der Waals surface area (Å²) in [5.41, 5.74) is 1.87. The van der Waals surface area contributed by atoms with Crippen molar-refractivity contribution in [1.29, 1.82) is 0 Å². The Balaban J connectivity index is 1.52. The van der Waals surface area contributed by atoms with Gasteiger partial charge in [0.2, 0.25) is 0 Å². The summed E-state index contributed by atoms with van der Waals surface area (Å²) in [5, 5.41) is 14.7. The SMILES string of the molecule is COc1cc2nncc(N3CC4(CC(N(C(C)C)S(N)(=O)=O)C4)C3)c2cc1OC. The fourth-order valence-corrected chi connectivity index (χ4v) is 6.01. The Bertz CT molecular complexity index is 1030. The van der Waals surface area contributed by atoms with Gasteiger partial charge in [0.25, 0.3) is 10.2 Å². The molecule has 4 rings (SSSR count). The molecule has 1 aromatic heterocycles. The highest BCUT2D eigenvalue weighted by Crippen LogP contribution is 2.52. The molecule has 29 heavy (non-hydrogen) atoms. The molecule has 1 aromatic carbocycles. The normalized spacial score (nSPS) is 18.9. The number of fused-ring (bicyclic) bond motifs is 1. The van der Waals surface area contributed by atoms with Crippen LogP contribution in [-0.2, 0) is 10.2 Å². The van der Waals surface area contributed by atoms with Gasteiger partial charge in [-0.25, -0.2) is 5.14 Å². The molecule has 0 unspecified atom stereocenters. The molecule has 2 aromatic rings. The van der Waals surface area contributed by atoms with Gasteiger partial charge in [0, 0.05) is 42.0 Å². The van der Waals surface area contributed by atoms with Gasteiger partial charge < -0.3 is 14.4 Å². The molecule has 1 saturated carbocycles. The summed E-state index contributed by atoms with van der Waals surface area (Å²) in [6.07, 6.45) is 3.42. The minimum atomic E-state index is -3.69. The lowest BCUT2D eigenvalue weighted by Crippen LogP contribution is -2.68. The minimum absolute atomic E-state index is 0.0242. The number of ether oxygens (including phenoxy) is 2. The maximum atomic E-state index is 11.9. The highest BCUT2D eigenvalue weighted by molar-refractivity contribution is 7.86. The fourth-order valence-electron chi connectivity index (χ4n) is 4.86. The monoisotopic (exact) mass is 421 g/mol. The van der Waals surface area contributed by atoms with E-state index in [0.717, 1.165) is 42.5 Å². The van der Waals surface area contributed by atoms with Crippen LogP contribution in [0.3, 0.4) is 0 Å². The first-order valence-corrected chi connectivity index (χ1v) is 11.1. The molecule has 2 N–H and O–H groups in total. The number of aromatic nitrogens is 2. The maximum absolute atomic E-state index is 11.9. The number of methoxy groups -OCH3 is 2. The number of rotatable bonds is 6. The molecule has 9 nitrogen and oxygen atoms in total. The molecule has 0 atom stereocenters. The Labute approximate surface area is 171 Å². The summed E-state index contributed by atoms with van der Waals surface area (Å²) in [4.78, 5) is 2.26. The minimum Gasteiger partial charge on any atom is -0.493 e. The van der Waals surface area contributed by atoms with Gasteiger partial charge in [-0.2, -0.15) is 22.9 Å². The molecule has 2 heterocycles. The van der Waals surface area contributed by atoms with Crippen molar-refractivity contribution in [3.05, 3.63) is 18.3 Å². The zero-order valence-electron chi connectivity index (χ0n) is 17.1. The van der Waals surface area contributed by atoms with Crippen LogP contribution in [0.25, 0.3) is 10.9 Å². The molecule has 0 radical (unpaired) electrons. The van der Waals surface area contributed by atoms with Gasteiger partial charge in [-0.05, 0) is 32.8 Å². The van der Waals surface area contributed by atoms with E-state index in [1.165, 1.54) is 4.31 Å². The Hall–Kier alpha value is -2.17. The van der Waals surface area contributed by atoms with Crippen molar-refractivity contribution in [2.24, 2.45) is 10.6 Å². The standard InChI is InChI=1S/C19H27N5O4S/c1-12(2)24(29(20,25)26)13-7-19(8-13)10-23(11-19)16-9-21-22-15-6-18(28-4)17(27-3)5-14(15)16/h5-6,9,12-13H,7-8,10-11H2,1-4H3,(H2,20,25,26). The van der Waals surface area contributed by atoms with Crippen molar-refractivity contribution >= 4 is 26.8 Å². The van der Waals surface area contributed by atoms with E-state index in [4.69, 9.17) is 14.6 Å². The van der Waals surface area contributed by atoms with Gasteiger partial charge in [-0.15, -0.1) is 0 Å². The number of benzene rings is 1. The van der Waals surface area contributed by atoms with Crippen molar-refractivity contribution in [1.82, 2.24) is 14.5 Å². The van der Waals surface area contributed by atoms with E-state index >= 15 is 0 Å². The van der Waals surface area contributed by atoms with Gasteiger partial charge in [0.1, 0.15) is 0 Å². The number of nitrogens with two attached hydrogens (primary N) is 1. The molecular weight excluding hydrogens is 394 g/mol. The van der Waals surface area contributed by atoms with Crippen LogP contribution in [-0.4, -0.2) is 62.3 Å². The van der Waals surface area contributed by atoms with Crippen molar-refractivity contribution < 1.29 is 17.9 Å². The maximum Gasteiger partial charge on any atom is 0.277 e. The van der Waals surface area contributed by atoms with Gasteiger partial charge in [-0.3, -0.25) is 0 Å². The summed E-state index contributed by atoms with van der Waals surface area (Å²) < 4.78 is 36.1. The van der Waals surface area contributed by atoms with E-state index in [1.807, 2.05) is 26.0 Å². The van der Waals surface area contributed by atoms with Crippen LogP contribution < -0.4 is 19.5 Å². The first-order valence-electron chi connectivity index (χ1n) is 9.61. The molecule has 0 amide bonds. The largest absolute Gasteiger partial charge is 0.493 e. The third-order valence-corrected chi connectivity index (χ3v) is 7.32. The number of hydrogen-bond acceptors (Lipinski definition) is 7. The van der Waals surface area contributed by atoms with Crippen LogP contribution in [0, 0.1) is 5.41 Å². The molecule has 158 valence electrons. The molecule has 10 heteroatoms. The zero-order valence-corrected chi connectivity index (χ0v) is 17.9. The van der Waals surface area contributed by atoms with Gasteiger partial charge in [0.05, 0.1) is 31.6 Å². The second-order valence-electron chi connectivity index (χ2n) is 8.34. The average Bonchev–Trinajstić information content (AvgIpc) is 2.59. The third kappa shape index (κ3) is 3.38. The van der Waals surface area contributed by atoms with Crippen molar-refractivity contribution in [2.75, 3.05) is 32.2 Å². The summed E-state index contributed by atoms with van der Waals surface area (Å²) in [6.45, 7) is 5.43. The van der Waals surface area contributed by atoms with E-state index in [1.54, 1.807) is 20.4 Å². The Kier molecular flexibility index (Phi) is 4.83. The lowest BCUT2D eigenvalue weighted by Gasteiger charge is -2.61. The lowest BCUT2D eigenvalue weighted by atomic mass is 9.60. The van der Waals surface area contributed by atoms with Crippen LogP contribution >= 0.6 is 0 Å². The predicted octanol–water partition coefficient (Wildman–Crippen LogP) is 1.53. The zero-order chi connectivity index (χ0) is 21.0. The predicted molar refractivity (Wildman–Crippen MR) is 110 cm³/mol. The Morgan fingerprint density at radius 3 is 2.38 bits per heavy atom. The third-order valence-electron chi connectivity index (χ3n) is 6.02. The summed E-state index contributed by atoms with van der Waals surface area (Å²) in [7, 11) is -0.491. The second-order valence-corrected chi connectivity index (χ2v) is 9.79. The van der Waals surface area contributed by atoms with E-state index in [9.17, 15) is 8.42 Å². The highest BCUT2D eigenvalue weighted by atomic mass is 32.2. The Morgan fingerprint density at radius 2 is 1.83 bits per heavy atom. The number of hydrogen-bond donors (Lipinski definition) is 1. The molecule has 1 aliphatic heterocycles. The first kappa shape index (κ1) is 20.1. The summed E-state index contributed by atoms with van der Waals surface area (Å²) in [6, 6.07) is 3.59. The van der Waals surface area contributed by atoms with Gasteiger partial charge in [-0.1, -0.05) is 0 Å². The summed E-state index contributed by atoms with van der Waals surface area (Å²) >= 11 is 0. The molecule has 2 fully saturated rings. The van der Waals surface area contributed by atoms with Gasteiger partial charge >= 0.3 is 0 Å². The quantitative estimate of drug-likeness (QED) is 0.753. The van der Waals surface area contributed by atoms with E-state index in [0.29, 0.717) is 11.5 Å². The molecule has 1 spiro atoms. The number of nitrogens with zero attached hydrogens (tertiary/aromatic N) is 4. The Morgan fingerprint density at radius 1 is 1.21 bits per heavy atom. The van der Waals surface area contributed by atoms with E-state index in [2.05, 4.69) is 15.1 Å². The average molecular weight is 422 g/mol. The van der Waals surface area contributed by atoms with Crippen molar-refractivity contribution in [3.63, 3.8) is 0 Å². The molecule has 1 aliphatic carbocycles. The molecule has 1 saturated heterocycles. The van der Waals surface area contributed by atoms with Crippen LogP contribution in [0.5, 0.6) is 11.5 Å². The highest BCUT2D eigenvalue weighted by Gasteiger charge is 2.55. The van der Waals surface area contributed by atoms with E-state index in [-0.39, 0.29) is 17.5 Å². The molecular formula is C19H27N5O4S. The fraction of sp³-hybridized carbons (Fsp3) is 0.579. The van der Waals surface area contributed by atoms with Crippen LogP contribution in [0.1, 0.15) is 26.7 Å². The number of anilines is 1. The topological polar surface area (TPSA) is 111 Å². The van der Waals surface area contributed by atoms with Crippen LogP contribution in [0.15, 0.2) is 18.3 Å².